The molecule has 0 aliphatic rings. The molecule has 0 bridgehead atoms. The van der Waals surface area contributed by atoms with Crippen LogP contribution in [0.2, 0.25) is 0 Å². The zero-order chi connectivity index (χ0) is 21.8. The van der Waals surface area contributed by atoms with Gasteiger partial charge in [-0.25, -0.2) is 4.84 Å². The fourth-order valence-corrected chi connectivity index (χ4v) is 4.14. The molecule has 0 fully saturated rings. The van der Waals surface area contributed by atoms with Crippen LogP contribution in [0.1, 0.15) is 116 Å². The highest BCUT2D eigenvalue weighted by atomic mass is 32.2. The van der Waals surface area contributed by atoms with Gasteiger partial charge in [-0.05, 0) is 19.3 Å². The molecule has 0 aliphatic heterocycles. The zero-order valence-electron chi connectivity index (χ0n) is 19.7. The monoisotopic (exact) mass is 436 g/mol. The molecule has 0 aromatic carbocycles. The predicted molar refractivity (Wildman–Crippen MR) is 124 cm³/mol. The van der Waals surface area contributed by atoms with Crippen LogP contribution >= 0.6 is 0 Å². The second kappa shape index (κ2) is 18.6. The molecule has 0 saturated heterocycles. The molecule has 6 heteroatoms. The molecule has 0 unspecified atom stereocenters. The molecule has 176 valence electrons. The lowest BCUT2D eigenvalue weighted by atomic mass is 10.0. The van der Waals surface area contributed by atoms with Crippen LogP contribution in [0.5, 0.6) is 0 Å². The Morgan fingerprint density at radius 2 is 1.03 bits per heavy atom. The van der Waals surface area contributed by atoms with Gasteiger partial charge >= 0.3 is 0 Å². The minimum atomic E-state index is -3.87. The van der Waals surface area contributed by atoms with Gasteiger partial charge in [-0.15, -0.1) is 0 Å². The van der Waals surface area contributed by atoms with E-state index >= 15 is 0 Å². The topological polar surface area (TPSA) is 63.6 Å². The first-order valence-corrected chi connectivity index (χ1v) is 13.8. The summed E-state index contributed by atoms with van der Waals surface area (Å²) in [5.41, 5.74) is 0. The van der Waals surface area contributed by atoms with Crippen LogP contribution in [0, 0.1) is 0 Å². The Hall–Kier alpha value is -0.170. The van der Waals surface area contributed by atoms with Gasteiger partial charge in [-0.1, -0.05) is 96.8 Å². The first kappa shape index (κ1) is 28.8. The maximum absolute atomic E-state index is 10.7. The quantitative estimate of drug-likeness (QED) is 0.0906. The number of hydrogen-bond donors (Lipinski definition) is 1. The summed E-state index contributed by atoms with van der Waals surface area (Å²) in [6, 6.07) is 0. The van der Waals surface area contributed by atoms with Crippen molar-refractivity contribution in [1.82, 2.24) is 0 Å². The van der Waals surface area contributed by atoms with Gasteiger partial charge in [0.2, 0.25) is 0 Å². The second-order valence-corrected chi connectivity index (χ2v) is 10.6. The Morgan fingerprint density at radius 3 is 1.41 bits per heavy atom. The maximum atomic E-state index is 10.7. The fourth-order valence-electron chi connectivity index (χ4n) is 3.66. The number of rotatable bonds is 22. The van der Waals surface area contributed by atoms with Gasteiger partial charge in [0, 0.05) is 0 Å². The van der Waals surface area contributed by atoms with E-state index in [1.165, 1.54) is 96.3 Å². The minimum Gasteiger partial charge on any atom is -0.286 e. The van der Waals surface area contributed by atoms with Crippen LogP contribution in [-0.4, -0.2) is 50.6 Å². The molecular formula is C23H50NO4S+. The van der Waals surface area contributed by atoms with E-state index in [4.69, 9.17) is 9.39 Å². The lowest BCUT2D eigenvalue weighted by Gasteiger charge is -2.26. The summed E-state index contributed by atoms with van der Waals surface area (Å²) in [6.45, 7) is 3.56. The van der Waals surface area contributed by atoms with Gasteiger partial charge in [0.05, 0.1) is 19.8 Å². The van der Waals surface area contributed by atoms with Crippen molar-refractivity contribution in [1.29, 1.82) is 0 Å². The van der Waals surface area contributed by atoms with E-state index in [0.29, 0.717) is 17.7 Å². The normalized spacial score (nSPS) is 12.6. The van der Waals surface area contributed by atoms with Crippen molar-refractivity contribution >= 4 is 10.1 Å². The first-order valence-electron chi connectivity index (χ1n) is 12.2. The van der Waals surface area contributed by atoms with Crippen LogP contribution < -0.4 is 0 Å². The van der Waals surface area contributed by atoms with E-state index in [1.807, 2.05) is 14.1 Å². The lowest BCUT2D eigenvalue weighted by Crippen LogP contribution is -2.40. The molecule has 0 atom stereocenters. The molecule has 0 aromatic rings. The van der Waals surface area contributed by atoms with Crippen molar-refractivity contribution in [3.63, 3.8) is 0 Å². The fraction of sp³-hybridized carbons (Fsp3) is 1.00. The summed E-state index contributed by atoms with van der Waals surface area (Å²) in [5, 5.41) is 0. The average Bonchev–Trinajstić information content (AvgIpc) is 2.64. The number of hydroxylamine groups is 3. The Kier molecular flexibility index (Phi) is 18.5. The molecule has 0 spiro atoms. The molecule has 0 aromatic heterocycles. The molecule has 0 rings (SSSR count). The summed E-state index contributed by atoms with van der Waals surface area (Å²) < 4.78 is 30.5. The summed E-state index contributed by atoms with van der Waals surface area (Å²) in [5.74, 6) is -0.230. The Morgan fingerprint density at radius 1 is 0.655 bits per heavy atom. The number of hydrogen-bond acceptors (Lipinski definition) is 3. The molecule has 0 saturated carbocycles. The van der Waals surface area contributed by atoms with Crippen LogP contribution in [0.15, 0.2) is 0 Å². The second-order valence-electron chi connectivity index (χ2n) is 9.07. The molecule has 1 N–H and O–H groups in total. The van der Waals surface area contributed by atoms with E-state index in [9.17, 15) is 8.42 Å². The molecule has 0 amide bonds. The molecule has 0 heterocycles. The van der Waals surface area contributed by atoms with Gasteiger partial charge in [-0.2, -0.15) is 13.1 Å². The minimum absolute atomic E-state index is 0.230. The Bertz CT molecular complexity index is 452. The van der Waals surface area contributed by atoms with Crippen molar-refractivity contribution in [2.24, 2.45) is 0 Å². The highest BCUT2D eigenvalue weighted by molar-refractivity contribution is 7.85. The third-order valence-corrected chi connectivity index (χ3v) is 6.34. The highest BCUT2D eigenvalue weighted by Crippen LogP contribution is 2.14. The van der Waals surface area contributed by atoms with Crippen molar-refractivity contribution < 1.29 is 22.5 Å². The van der Waals surface area contributed by atoms with E-state index in [1.54, 1.807) is 0 Å². The summed E-state index contributed by atoms with van der Waals surface area (Å²) >= 11 is 0. The van der Waals surface area contributed by atoms with E-state index < -0.39 is 10.1 Å². The number of quaternary nitrogens is 1. The maximum Gasteiger partial charge on any atom is 0.264 e. The van der Waals surface area contributed by atoms with Crippen LogP contribution in [0.3, 0.4) is 0 Å². The summed E-state index contributed by atoms with van der Waals surface area (Å²) in [6.07, 6.45) is 22.2. The van der Waals surface area contributed by atoms with Crippen LogP contribution in [-0.2, 0) is 15.0 Å². The predicted octanol–water partition coefficient (Wildman–Crippen LogP) is 6.53. The molecular weight excluding hydrogens is 386 g/mol. The van der Waals surface area contributed by atoms with Gasteiger partial charge < -0.3 is 0 Å². The Balaban J connectivity index is 3.31. The Labute approximate surface area is 181 Å². The largest absolute Gasteiger partial charge is 0.286 e. The van der Waals surface area contributed by atoms with Crippen LogP contribution in [0.4, 0.5) is 0 Å². The van der Waals surface area contributed by atoms with Gasteiger partial charge in [-0.3, -0.25) is 4.55 Å². The first-order chi connectivity index (χ1) is 13.8. The van der Waals surface area contributed by atoms with E-state index in [-0.39, 0.29) is 5.75 Å². The standard InChI is InChI=1S/C23H49NO4S/c1-4-5-6-7-8-9-10-11-12-13-14-15-16-17-18-19-21-24(2,3)28-22-20-23-29(25,26)27/h4-23H2,1-3H3/p+1. The average molecular weight is 437 g/mol. The molecule has 0 radical (unpaired) electrons. The third kappa shape index (κ3) is 24.0. The van der Waals surface area contributed by atoms with Gasteiger partial charge in [0.25, 0.3) is 10.1 Å². The highest BCUT2D eigenvalue weighted by Gasteiger charge is 2.16. The van der Waals surface area contributed by atoms with Gasteiger partial charge in [0.15, 0.2) is 0 Å². The smallest absolute Gasteiger partial charge is 0.264 e. The summed E-state index contributed by atoms with van der Waals surface area (Å²) in [7, 11) is 0.124. The van der Waals surface area contributed by atoms with Crippen molar-refractivity contribution in [3.05, 3.63) is 0 Å². The zero-order valence-corrected chi connectivity index (χ0v) is 20.5. The molecule has 29 heavy (non-hydrogen) atoms. The SMILES string of the molecule is CCCCCCCCCCCCCCCCCC[N+](C)(C)OCCCS(=O)(=O)O. The van der Waals surface area contributed by atoms with Crippen molar-refractivity contribution in [2.45, 2.75) is 116 Å². The molecule has 5 nitrogen and oxygen atoms in total. The summed E-state index contributed by atoms with van der Waals surface area (Å²) in [4.78, 5) is 5.71. The molecule has 0 aliphatic carbocycles. The van der Waals surface area contributed by atoms with Crippen LogP contribution in [0.25, 0.3) is 0 Å². The number of nitrogens with zero attached hydrogens (tertiary/aromatic N) is 1. The van der Waals surface area contributed by atoms with E-state index in [0.717, 1.165) is 13.0 Å². The van der Waals surface area contributed by atoms with Crippen molar-refractivity contribution in [3.8, 4) is 0 Å². The lowest BCUT2D eigenvalue weighted by molar-refractivity contribution is -1.08. The van der Waals surface area contributed by atoms with E-state index in [2.05, 4.69) is 6.92 Å². The van der Waals surface area contributed by atoms with Crippen molar-refractivity contribution in [2.75, 3.05) is 33.0 Å². The van der Waals surface area contributed by atoms with Gasteiger partial charge in [0.1, 0.15) is 13.2 Å². The third-order valence-electron chi connectivity index (χ3n) is 5.54. The number of unbranched alkanes of at least 4 members (excludes halogenated alkanes) is 15.